The summed E-state index contributed by atoms with van der Waals surface area (Å²) in [4.78, 5) is 21.4. The van der Waals surface area contributed by atoms with Crippen molar-refractivity contribution in [3.63, 3.8) is 0 Å². The predicted octanol–water partition coefficient (Wildman–Crippen LogP) is 3.25. The molecule has 3 rings (SSSR count). The average molecular weight is 352 g/mol. The highest BCUT2D eigenvalue weighted by atomic mass is 16.2. The zero-order chi connectivity index (χ0) is 18.6. The zero-order valence-corrected chi connectivity index (χ0v) is 15.9. The molecule has 1 amide bonds. The molecule has 1 saturated heterocycles. The maximum Gasteiger partial charge on any atom is 0.272 e. The maximum absolute atomic E-state index is 12.8. The summed E-state index contributed by atoms with van der Waals surface area (Å²) in [6.45, 7) is 10.5. The van der Waals surface area contributed by atoms with Crippen molar-refractivity contribution >= 4 is 11.6 Å². The van der Waals surface area contributed by atoms with Crippen molar-refractivity contribution in [3.8, 4) is 0 Å². The summed E-state index contributed by atoms with van der Waals surface area (Å²) in [5, 5.41) is 3.39. The van der Waals surface area contributed by atoms with E-state index >= 15 is 0 Å². The fraction of sp³-hybridized carbons (Fsp3) is 0.429. The number of hydrogen-bond acceptors (Lipinski definition) is 4. The summed E-state index contributed by atoms with van der Waals surface area (Å²) < 4.78 is 0. The molecule has 26 heavy (non-hydrogen) atoms. The van der Waals surface area contributed by atoms with Gasteiger partial charge >= 0.3 is 0 Å². The van der Waals surface area contributed by atoms with Gasteiger partial charge < -0.3 is 10.2 Å². The number of hydrogen-bond donors (Lipinski definition) is 1. The number of benzene rings is 1. The maximum atomic E-state index is 12.8. The van der Waals surface area contributed by atoms with Gasteiger partial charge in [0.05, 0.1) is 0 Å². The van der Waals surface area contributed by atoms with E-state index < -0.39 is 0 Å². The summed E-state index contributed by atoms with van der Waals surface area (Å²) in [5.41, 5.74) is 2.70. The van der Waals surface area contributed by atoms with Crippen molar-refractivity contribution < 1.29 is 4.79 Å². The number of carbonyl (C=O) groups excluding carboxylic acids is 1. The summed E-state index contributed by atoms with van der Waals surface area (Å²) in [6, 6.07) is 14.2. The second kappa shape index (κ2) is 7.87. The van der Waals surface area contributed by atoms with Crippen LogP contribution in [0.4, 0.5) is 5.69 Å². The van der Waals surface area contributed by atoms with Crippen molar-refractivity contribution in [1.82, 2.24) is 14.8 Å². The minimum absolute atomic E-state index is 0.0157. The van der Waals surface area contributed by atoms with Gasteiger partial charge in [0, 0.05) is 50.1 Å². The molecule has 1 aromatic carbocycles. The highest BCUT2D eigenvalue weighted by Crippen LogP contribution is 2.17. The molecule has 5 heteroatoms. The highest BCUT2D eigenvalue weighted by Gasteiger charge is 2.23. The topological polar surface area (TPSA) is 48.5 Å². The zero-order valence-electron chi connectivity index (χ0n) is 15.9. The number of rotatable bonds is 4. The van der Waals surface area contributed by atoms with Crippen LogP contribution in [0.3, 0.4) is 0 Å². The average Bonchev–Trinajstić information content (AvgIpc) is 2.61. The Bertz CT molecular complexity index is 731. The van der Waals surface area contributed by atoms with Gasteiger partial charge in [-0.05, 0) is 38.5 Å². The Morgan fingerprint density at radius 2 is 1.77 bits per heavy atom. The summed E-state index contributed by atoms with van der Waals surface area (Å²) in [6.07, 6.45) is 1.70. The monoisotopic (exact) mass is 352 g/mol. The first-order chi connectivity index (χ1) is 12.4. The number of nitrogens with zero attached hydrogens (tertiary/aromatic N) is 3. The van der Waals surface area contributed by atoms with Crippen LogP contribution in [0.2, 0.25) is 0 Å². The van der Waals surface area contributed by atoms with E-state index in [-0.39, 0.29) is 11.4 Å². The molecule has 0 bridgehead atoms. The fourth-order valence-electron chi connectivity index (χ4n) is 3.17. The molecule has 5 nitrogen and oxygen atoms in total. The molecule has 2 aromatic rings. The van der Waals surface area contributed by atoms with Crippen LogP contribution in [0.5, 0.6) is 0 Å². The Hall–Kier alpha value is -2.40. The highest BCUT2D eigenvalue weighted by molar-refractivity contribution is 5.93. The van der Waals surface area contributed by atoms with Crippen LogP contribution in [0.25, 0.3) is 0 Å². The van der Waals surface area contributed by atoms with Crippen LogP contribution in [0.15, 0.2) is 48.7 Å². The lowest BCUT2D eigenvalue weighted by atomic mass is 10.1. The minimum atomic E-state index is -0.0509. The molecular weight excluding hydrogens is 324 g/mol. The molecule has 0 unspecified atom stereocenters. The van der Waals surface area contributed by atoms with Crippen molar-refractivity contribution in [3.05, 3.63) is 59.9 Å². The lowest BCUT2D eigenvalue weighted by Gasteiger charge is -2.34. The van der Waals surface area contributed by atoms with Gasteiger partial charge in [0.15, 0.2) is 0 Å². The molecule has 138 valence electrons. The van der Waals surface area contributed by atoms with Crippen molar-refractivity contribution in [2.45, 2.75) is 32.9 Å². The van der Waals surface area contributed by atoms with E-state index in [1.165, 1.54) is 5.56 Å². The number of nitrogens with one attached hydrogen (secondary N) is 1. The molecule has 1 aliphatic heterocycles. The molecule has 1 aliphatic rings. The molecule has 1 aromatic heterocycles. The number of amides is 1. The number of carbonyl (C=O) groups is 1. The minimum Gasteiger partial charge on any atom is -0.380 e. The Kier molecular flexibility index (Phi) is 5.57. The number of anilines is 1. The smallest absolute Gasteiger partial charge is 0.272 e. The molecule has 0 atom stereocenters. The van der Waals surface area contributed by atoms with Crippen LogP contribution in [-0.4, -0.2) is 52.4 Å². The van der Waals surface area contributed by atoms with Crippen LogP contribution in [0.1, 0.15) is 36.8 Å². The van der Waals surface area contributed by atoms with Crippen LogP contribution in [-0.2, 0) is 6.54 Å². The van der Waals surface area contributed by atoms with E-state index in [9.17, 15) is 4.79 Å². The van der Waals surface area contributed by atoms with Gasteiger partial charge in [-0.1, -0.05) is 30.3 Å². The Morgan fingerprint density at radius 1 is 1.08 bits per heavy atom. The summed E-state index contributed by atoms with van der Waals surface area (Å²) in [5.74, 6) is 0.0157. The SMILES string of the molecule is CC(C)(C)Nc1ccnc(C(=O)N2CCN(Cc3ccccc3)CC2)c1. The standard InChI is InChI=1S/C21H28N4O/c1-21(2,3)23-18-9-10-22-19(15-18)20(26)25-13-11-24(12-14-25)16-17-7-5-4-6-8-17/h4-10,15H,11-14,16H2,1-3H3,(H,22,23). The largest absolute Gasteiger partial charge is 0.380 e. The second-order valence-electron chi connectivity index (χ2n) is 7.86. The van der Waals surface area contributed by atoms with Gasteiger partial charge in [-0.25, -0.2) is 0 Å². The van der Waals surface area contributed by atoms with E-state index in [4.69, 9.17) is 0 Å². The Labute approximate surface area is 156 Å². The normalized spacial score (nSPS) is 15.7. The van der Waals surface area contributed by atoms with Gasteiger partial charge in [-0.2, -0.15) is 0 Å². The van der Waals surface area contributed by atoms with Gasteiger partial charge in [0.2, 0.25) is 0 Å². The molecule has 0 spiro atoms. The van der Waals surface area contributed by atoms with Crippen LogP contribution < -0.4 is 5.32 Å². The molecule has 0 aliphatic carbocycles. The molecule has 0 saturated carbocycles. The third-order valence-corrected chi connectivity index (χ3v) is 4.41. The lowest BCUT2D eigenvalue weighted by molar-refractivity contribution is 0.0623. The van der Waals surface area contributed by atoms with E-state index in [2.05, 4.69) is 60.2 Å². The summed E-state index contributed by atoms with van der Waals surface area (Å²) >= 11 is 0. The van der Waals surface area contributed by atoms with Gasteiger partial charge in [0.1, 0.15) is 5.69 Å². The lowest BCUT2D eigenvalue weighted by Crippen LogP contribution is -2.48. The third kappa shape index (κ3) is 5.05. The Balaban J connectivity index is 1.57. The van der Waals surface area contributed by atoms with Gasteiger partial charge in [0.25, 0.3) is 5.91 Å². The van der Waals surface area contributed by atoms with E-state index in [1.54, 1.807) is 6.20 Å². The first kappa shape index (κ1) is 18.4. The van der Waals surface area contributed by atoms with Crippen LogP contribution >= 0.6 is 0 Å². The fourth-order valence-corrected chi connectivity index (χ4v) is 3.17. The first-order valence-electron chi connectivity index (χ1n) is 9.20. The Morgan fingerprint density at radius 3 is 2.42 bits per heavy atom. The van der Waals surface area contributed by atoms with Crippen LogP contribution in [0, 0.1) is 0 Å². The molecule has 1 N–H and O–H groups in total. The van der Waals surface area contributed by atoms with Crippen molar-refractivity contribution in [2.24, 2.45) is 0 Å². The van der Waals surface area contributed by atoms with E-state index in [0.717, 1.165) is 38.4 Å². The quantitative estimate of drug-likeness (QED) is 0.918. The van der Waals surface area contributed by atoms with Crippen molar-refractivity contribution in [2.75, 3.05) is 31.5 Å². The third-order valence-electron chi connectivity index (χ3n) is 4.41. The van der Waals surface area contributed by atoms with E-state index in [1.807, 2.05) is 23.1 Å². The van der Waals surface area contributed by atoms with Gasteiger partial charge in [-0.15, -0.1) is 0 Å². The molecule has 2 heterocycles. The number of pyridine rings is 1. The molecule has 0 radical (unpaired) electrons. The number of aromatic nitrogens is 1. The molecular formula is C21H28N4O. The second-order valence-corrected chi connectivity index (χ2v) is 7.86. The van der Waals surface area contributed by atoms with Gasteiger partial charge in [-0.3, -0.25) is 14.7 Å². The molecule has 1 fully saturated rings. The predicted molar refractivity (Wildman–Crippen MR) is 105 cm³/mol. The first-order valence-corrected chi connectivity index (χ1v) is 9.20. The summed E-state index contributed by atoms with van der Waals surface area (Å²) in [7, 11) is 0. The van der Waals surface area contributed by atoms with E-state index in [0.29, 0.717) is 5.69 Å². The van der Waals surface area contributed by atoms with Crippen molar-refractivity contribution in [1.29, 1.82) is 0 Å². The number of piperazine rings is 1.